The van der Waals surface area contributed by atoms with E-state index < -0.39 is 33.5 Å². The molecule has 250 valence electrons. The maximum Gasteiger partial charge on any atom is 0.287 e. The lowest BCUT2D eigenvalue weighted by molar-refractivity contribution is -0.385. The lowest BCUT2D eigenvalue weighted by Gasteiger charge is -2.09. The zero-order valence-electron chi connectivity index (χ0n) is 25.8. The van der Waals surface area contributed by atoms with Gasteiger partial charge in [-0.05, 0) is 47.5 Å². The average molecular weight is 675 g/mol. The summed E-state index contributed by atoms with van der Waals surface area (Å²) in [6, 6.07) is 26.8. The Morgan fingerprint density at radius 3 is 1.28 bits per heavy atom. The van der Waals surface area contributed by atoms with Gasteiger partial charge in [0.25, 0.3) is 35.0 Å². The number of nitro groups is 2. The van der Waals surface area contributed by atoms with E-state index >= 15 is 0 Å². The van der Waals surface area contributed by atoms with Gasteiger partial charge in [0.2, 0.25) is 0 Å². The Labute approximate surface area is 283 Å². The molecule has 16 nitrogen and oxygen atoms in total. The summed E-state index contributed by atoms with van der Waals surface area (Å²) in [7, 11) is 0. The summed E-state index contributed by atoms with van der Waals surface area (Å²) in [6.07, 6.45) is 4.45. The quantitative estimate of drug-likeness (QED) is 0.0701. The SMILES string of the molecule is O=C(NN=CC=NNC(=O)C(=Cc1cccc([N+](=O)[O-])c1)NC(=O)c1ccccc1)C(=Cc1cccc([N+](=O)[O-])c1)NC(=O)c1ccccc1. The zero-order valence-corrected chi connectivity index (χ0v) is 25.8. The highest BCUT2D eigenvalue weighted by Crippen LogP contribution is 2.17. The molecular formula is C34H26N8O8. The first-order chi connectivity index (χ1) is 24.1. The van der Waals surface area contributed by atoms with E-state index in [0.717, 1.165) is 12.4 Å². The highest BCUT2D eigenvalue weighted by Gasteiger charge is 2.17. The molecule has 0 unspecified atom stereocenters. The molecule has 50 heavy (non-hydrogen) atoms. The van der Waals surface area contributed by atoms with Crippen molar-refractivity contribution in [2.45, 2.75) is 0 Å². The molecule has 4 N–H and O–H groups in total. The summed E-state index contributed by atoms with van der Waals surface area (Å²) < 4.78 is 0. The Balaban J connectivity index is 1.46. The van der Waals surface area contributed by atoms with Crippen LogP contribution in [0.5, 0.6) is 0 Å². The molecule has 0 saturated carbocycles. The number of hydrogen-bond acceptors (Lipinski definition) is 10. The van der Waals surface area contributed by atoms with Gasteiger partial charge in [0.15, 0.2) is 0 Å². The first kappa shape index (κ1) is 35.2. The van der Waals surface area contributed by atoms with Crippen molar-refractivity contribution in [1.82, 2.24) is 21.5 Å². The van der Waals surface area contributed by atoms with Crippen molar-refractivity contribution in [1.29, 1.82) is 0 Å². The standard InChI is InChI=1S/C34H26N8O8/c43-31(25-11-3-1-4-12-25)37-29(21-23-9-7-15-27(19-23)41(47)48)33(45)39-35-17-18-36-40-34(46)30(38-32(44)26-13-5-2-6-14-26)22-24-10-8-16-28(20-24)42(49)50/h1-22H,(H,37,43)(H,38,44)(H,39,45)(H,40,46). The van der Waals surface area contributed by atoms with Crippen LogP contribution in [0.25, 0.3) is 12.2 Å². The van der Waals surface area contributed by atoms with Crippen molar-refractivity contribution < 1.29 is 29.0 Å². The van der Waals surface area contributed by atoms with E-state index in [1.54, 1.807) is 36.4 Å². The van der Waals surface area contributed by atoms with Crippen LogP contribution in [0.4, 0.5) is 11.4 Å². The zero-order chi connectivity index (χ0) is 35.9. The van der Waals surface area contributed by atoms with Crippen molar-refractivity contribution in [2.75, 3.05) is 0 Å². The predicted molar refractivity (Wildman–Crippen MR) is 183 cm³/mol. The van der Waals surface area contributed by atoms with E-state index in [0.29, 0.717) is 0 Å². The van der Waals surface area contributed by atoms with E-state index in [4.69, 9.17) is 0 Å². The normalized spacial score (nSPS) is 11.5. The second-order valence-electron chi connectivity index (χ2n) is 9.90. The molecule has 4 amide bonds. The molecule has 0 aliphatic carbocycles. The highest BCUT2D eigenvalue weighted by molar-refractivity contribution is 6.17. The number of carbonyl (C=O) groups excluding carboxylic acids is 4. The lowest BCUT2D eigenvalue weighted by Crippen LogP contribution is -2.33. The van der Waals surface area contributed by atoms with Crippen molar-refractivity contribution in [3.8, 4) is 0 Å². The van der Waals surface area contributed by atoms with Crippen molar-refractivity contribution >= 4 is 59.6 Å². The molecule has 4 aromatic rings. The molecule has 4 rings (SSSR count). The van der Waals surface area contributed by atoms with E-state index in [1.807, 2.05) is 0 Å². The van der Waals surface area contributed by atoms with E-state index in [-0.39, 0.29) is 45.0 Å². The number of nitro benzene ring substituents is 2. The van der Waals surface area contributed by atoms with Gasteiger partial charge in [-0.2, -0.15) is 10.2 Å². The summed E-state index contributed by atoms with van der Waals surface area (Å²) in [5, 5.41) is 34.7. The number of non-ortho nitro benzene ring substituents is 2. The van der Waals surface area contributed by atoms with Crippen LogP contribution in [0.3, 0.4) is 0 Å². The first-order valence-electron chi connectivity index (χ1n) is 14.4. The third-order valence-electron chi connectivity index (χ3n) is 6.39. The Bertz CT molecular complexity index is 1900. The molecule has 16 heteroatoms. The van der Waals surface area contributed by atoms with Gasteiger partial charge in [-0.3, -0.25) is 39.4 Å². The Morgan fingerprint density at radius 2 is 0.920 bits per heavy atom. The molecule has 0 aliphatic rings. The Hall–Kier alpha value is -7.62. The second kappa shape index (κ2) is 17.3. The van der Waals surface area contributed by atoms with E-state index in [2.05, 4.69) is 31.7 Å². The summed E-state index contributed by atoms with van der Waals surface area (Å²) in [4.78, 5) is 72.7. The van der Waals surface area contributed by atoms with Crippen molar-refractivity contribution in [3.05, 3.63) is 163 Å². The molecule has 4 aromatic carbocycles. The van der Waals surface area contributed by atoms with Crippen LogP contribution in [-0.4, -0.2) is 45.9 Å². The van der Waals surface area contributed by atoms with Crippen LogP contribution in [-0.2, 0) is 9.59 Å². The molecule has 0 aliphatic heterocycles. The summed E-state index contributed by atoms with van der Waals surface area (Å²) >= 11 is 0. The van der Waals surface area contributed by atoms with Crippen LogP contribution in [0, 0.1) is 20.2 Å². The molecule has 0 fully saturated rings. The fourth-order valence-corrected chi connectivity index (χ4v) is 4.05. The van der Waals surface area contributed by atoms with E-state index in [1.165, 1.54) is 84.9 Å². The Morgan fingerprint density at radius 1 is 0.540 bits per heavy atom. The first-order valence-corrected chi connectivity index (χ1v) is 14.4. The topological polar surface area (TPSA) is 227 Å². The molecular weight excluding hydrogens is 648 g/mol. The van der Waals surface area contributed by atoms with Gasteiger partial charge in [0.05, 0.1) is 22.3 Å². The maximum absolute atomic E-state index is 13.0. The van der Waals surface area contributed by atoms with Gasteiger partial charge in [-0.25, -0.2) is 10.9 Å². The van der Waals surface area contributed by atoms with Crippen LogP contribution >= 0.6 is 0 Å². The number of nitrogens with zero attached hydrogens (tertiary/aromatic N) is 4. The second-order valence-corrected chi connectivity index (χ2v) is 9.90. The highest BCUT2D eigenvalue weighted by atomic mass is 16.6. The monoisotopic (exact) mass is 674 g/mol. The summed E-state index contributed by atoms with van der Waals surface area (Å²) in [5.74, 6) is -3.03. The van der Waals surface area contributed by atoms with Crippen molar-refractivity contribution in [3.63, 3.8) is 0 Å². The molecule has 0 radical (unpaired) electrons. The molecule has 0 atom stereocenters. The van der Waals surface area contributed by atoms with Crippen LogP contribution < -0.4 is 21.5 Å². The Kier molecular flexibility index (Phi) is 12.2. The summed E-state index contributed by atoms with van der Waals surface area (Å²) in [5.41, 5.74) is 4.33. The van der Waals surface area contributed by atoms with Crippen LogP contribution in [0.1, 0.15) is 31.8 Å². The fourth-order valence-electron chi connectivity index (χ4n) is 4.05. The number of amides is 4. The van der Waals surface area contributed by atoms with E-state index in [9.17, 15) is 39.4 Å². The minimum atomic E-state index is -0.889. The third-order valence-corrected chi connectivity index (χ3v) is 6.39. The van der Waals surface area contributed by atoms with Gasteiger partial charge >= 0.3 is 0 Å². The number of hydrogen-bond donors (Lipinski definition) is 4. The molecule has 0 heterocycles. The molecule has 0 spiro atoms. The number of carbonyl (C=O) groups is 4. The maximum atomic E-state index is 13.0. The van der Waals surface area contributed by atoms with Gasteiger partial charge in [-0.1, -0.05) is 60.7 Å². The minimum Gasteiger partial charge on any atom is -0.317 e. The van der Waals surface area contributed by atoms with Crippen LogP contribution in [0.15, 0.2) is 131 Å². The number of rotatable bonds is 13. The predicted octanol–water partition coefficient (Wildman–Crippen LogP) is 3.95. The van der Waals surface area contributed by atoms with Gasteiger partial charge < -0.3 is 10.6 Å². The molecule has 0 saturated heterocycles. The smallest absolute Gasteiger partial charge is 0.287 e. The largest absolute Gasteiger partial charge is 0.317 e. The van der Waals surface area contributed by atoms with Gasteiger partial charge in [0.1, 0.15) is 11.4 Å². The minimum absolute atomic E-state index is 0.230. The fraction of sp³-hybridized carbons (Fsp3) is 0. The van der Waals surface area contributed by atoms with Crippen molar-refractivity contribution in [2.24, 2.45) is 10.2 Å². The van der Waals surface area contributed by atoms with Gasteiger partial charge in [0, 0.05) is 35.4 Å². The number of nitrogens with one attached hydrogen (secondary N) is 4. The number of hydrazone groups is 2. The molecule has 0 bridgehead atoms. The average Bonchev–Trinajstić information content (AvgIpc) is 3.13. The van der Waals surface area contributed by atoms with Gasteiger partial charge in [-0.15, -0.1) is 0 Å². The molecule has 0 aromatic heterocycles. The lowest BCUT2D eigenvalue weighted by atomic mass is 10.1. The summed E-state index contributed by atoms with van der Waals surface area (Å²) in [6.45, 7) is 0. The number of benzene rings is 4. The third kappa shape index (κ3) is 10.5. The van der Waals surface area contributed by atoms with Crippen LogP contribution in [0.2, 0.25) is 0 Å².